The first-order chi connectivity index (χ1) is 16.3. The number of nitrogen functional groups attached to an aromatic ring is 1. The molecule has 1 aliphatic carbocycles. The van der Waals surface area contributed by atoms with E-state index in [1.54, 1.807) is 19.2 Å². The number of aliphatic carboxylic acids is 1. The Morgan fingerprint density at radius 1 is 1.11 bits per heavy atom. The van der Waals surface area contributed by atoms with Gasteiger partial charge >= 0.3 is 11.7 Å². The molecule has 2 aromatic heterocycles. The highest BCUT2D eigenvalue weighted by Crippen LogP contribution is 2.35. The van der Waals surface area contributed by atoms with Crippen molar-refractivity contribution in [1.29, 1.82) is 5.41 Å². The monoisotopic (exact) mass is 626 g/mol. The number of carbonyl (C=O) groups is 1. The molecule has 1 saturated carbocycles. The molecular formula is C24H32Br2N6O4. The van der Waals surface area contributed by atoms with Crippen molar-refractivity contribution in [2.24, 2.45) is 12.8 Å². The summed E-state index contributed by atoms with van der Waals surface area (Å²) in [5.41, 5.74) is 6.84. The molecule has 0 aliphatic heterocycles. The van der Waals surface area contributed by atoms with Crippen molar-refractivity contribution < 1.29 is 9.90 Å². The van der Waals surface area contributed by atoms with Crippen LogP contribution in [-0.2, 0) is 18.4 Å². The Bertz CT molecular complexity index is 1350. The number of carboxylic acid groups (broad SMARTS) is 1. The summed E-state index contributed by atoms with van der Waals surface area (Å²) in [7, 11) is 1.65. The quantitative estimate of drug-likeness (QED) is 0.197. The minimum Gasteiger partial charge on any atom is -0.481 e. The van der Waals surface area contributed by atoms with E-state index in [0.717, 1.165) is 42.2 Å². The average Bonchev–Trinajstić information content (AvgIpc) is 3.23. The number of amidine groups is 1. The number of benzene rings is 1. The topological polar surface area (TPSA) is 149 Å². The normalized spacial score (nSPS) is 13.7. The van der Waals surface area contributed by atoms with E-state index >= 15 is 0 Å². The number of rotatable bonds is 8. The lowest BCUT2D eigenvalue weighted by Gasteiger charge is -2.26. The zero-order chi connectivity index (χ0) is 24.4. The van der Waals surface area contributed by atoms with E-state index in [1.807, 2.05) is 16.7 Å². The molecule has 0 atom stereocenters. The SMILES string of the molecule is Br.Br.Cn1c(=O)n(CCCCC(=O)O)c(=O)c2nc(-c3ccc(C(=N)N)cc3)n(C3CCCCC3)c21. The van der Waals surface area contributed by atoms with Gasteiger partial charge in [0.25, 0.3) is 5.56 Å². The van der Waals surface area contributed by atoms with Gasteiger partial charge in [0.15, 0.2) is 11.2 Å². The third kappa shape index (κ3) is 5.80. The van der Waals surface area contributed by atoms with Crippen LogP contribution in [0, 0.1) is 5.41 Å². The Balaban J connectivity index is 0.00000228. The summed E-state index contributed by atoms with van der Waals surface area (Å²) in [5, 5.41) is 16.5. The summed E-state index contributed by atoms with van der Waals surface area (Å²) >= 11 is 0. The van der Waals surface area contributed by atoms with Gasteiger partial charge in [-0.05, 0) is 25.7 Å². The van der Waals surface area contributed by atoms with Crippen molar-refractivity contribution in [2.75, 3.05) is 0 Å². The maximum atomic E-state index is 13.4. The van der Waals surface area contributed by atoms with Crippen molar-refractivity contribution in [1.82, 2.24) is 18.7 Å². The fourth-order valence-corrected chi connectivity index (χ4v) is 4.81. The van der Waals surface area contributed by atoms with Crippen LogP contribution < -0.4 is 17.0 Å². The smallest absolute Gasteiger partial charge is 0.332 e. The molecule has 4 N–H and O–H groups in total. The lowest BCUT2D eigenvalue weighted by molar-refractivity contribution is -0.137. The van der Waals surface area contributed by atoms with Crippen LogP contribution in [0.15, 0.2) is 33.9 Å². The lowest BCUT2D eigenvalue weighted by atomic mass is 9.95. The van der Waals surface area contributed by atoms with Crippen LogP contribution in [0.3, 0.4) is 0 Å². The fourth-order valence-electron chi connectivity index (χ4n) is 4.81. The summed E-state index contributed by atoms with van der Waals surface area (Å²) in [5.74, 6) is -0.310. The van der Waals surface area contributed by atoms with Gasteiger partial charge in [-0.1, -0.05) is 43.5 Å². The van der Waals surface area contributed by atoms with Crippen LogP contribution >= 0.6 is 34.0 Å². The molecule has 10 nitrogen and oxygen atoms in total. The molecule has 0 saturated heterocycles. The van der Waals surface area contributed by atoms with Gasteiger partial charge in [-0.25, -0.2) is 9.78 Å². The summed E-state index contributed by atoms with van der Waals surface area (Å²) in [6, 6.07) is 7.29. The van der Waals surface area contributed by atoms with Crippen LogP contribution in [0.2, 0.25) is 0 Å². The van der Waals surface area contributed by atoms with Crippen LogP contribution in [0.5, 0.6) is 0 Å². The highest BCUT2D eigenvalue weighted by atomic mass is 79.9. The Hall–Kier alpha value is -2.73. The summed E-state index contributed by atoms with van der Waals surface area (Å²) in [6.07, 6.45) is 5.97. The second-order valence-corrected chi connectivity index (χ2v) is 8.91. The summed E-state index contributed by atoms with van der Waals surface area (Å²) < 4.78 is 4.68. The number of hydrogen-bond acceptors (Lipinski definition) is 5. The molecular weight excluding hydrogens is 596 g/mol. The second-order valence-electron chi connectivity index (χ2n) is 8.91. The Kier molecular flexibility index (Phi) is 10.2. The van der Waals surface area contributed by atoms with E-state index in [1.165, 1.54) is 4.57 Å². The van der Waals surface area contributed by atoms with Gasteiger partial charge in [0.1, 0.15) is 11.7 Å². The third-order valence-electron chi connectivity index (χ3n) is 6.59. The van der Waals surface area contributed by atoms with Gasteiger partial charge < -0.3 is 15.4 Å². The molecule has 196 valence electrons. The maximum absolute atomic E-state index is 13.4. The first-order valence-corrected chi connectivity index (χ1v) is 11.7. The van der Waals surface area contributed by atoms with E-state index < -0.39 is 17.2 Å². The number of nitrogens with two attached hydrogens (primary N) is 1. The lowest BCUT2D eigenvalue weighted by Crippen LogP contribution is -2.39. The number of carboxylic acids is 1. The van der Waals surface area contributed by atoms with Crippen molar-refractivity contribution in [2.45, 2.75) is 64.0 Å². The molecule has 36 heavy (non-hydrogen) atoms. The fraction of sp³-hybridized carbons (Fsp3) is 0.458. The summed E-state index contributed by atoms with van der Waals surface area (Å²) in [6.45, 7) is 0.146. The number of nitrogens with one attached hydrogen (secondary N) is 1. The number of hydrogen-bond donors (Lipinski definition) is 3. The first kappa shape index (κ1) is 29.5. The zero-order valence-electron chi connectivity index (χ0n) is 20.1. The van der Waals surface area contributed by atoms with Gasteiger partial charge in [0, 0.05) is 37.2 Å². The number of aryl methyl sites for hydroxylation is 1. The first-order valence-electron chi connectivity index (χ1n) is 11.7. The van der Waals surface area contributed by atoms with Crippen LogP contribution in [0.25, 0.3) is 22.6 Å². The number of fused-ring (bicyclic) bond motifs is 1. The molecule has 1 aliphatic rings. The Morgan fingerprint density at radius 2 is 1.75 bits per heavy atom. The van der Waals surface area contributed by atoms with Crippen molar-refractivity contribution in [3.63, 3.8) is 0 Å². The molecule has 0 radical (unpaired) electrons. The van der Waals surface area contributed by atoms with Crippen molar-refractivity contribution in [3.8, 4) is 11.4 Å². The van der Waals surface area contributed by atoms with Crippen molar-refractivity contribution >= 4 is 56.9 Å². The van der Waals surface area contributed by atoms with E-state index in [4.69, 9.17) is 21.2 Å². The number of unbranched alkanes of at least 4 members (excludes halogenated alkanes) is 1. The van der Waals surface area contributed by atoms with Gasteiger partial charge in [0.2, 0.25) is 0 Å². The number of aromatic nitrogens is 4. The molecule has 2 heterocycles. The molecule has 0 bridgehead atoms. The highest BCUT2D eigenvalue weighted by molar-refractivity contribution is 8.93. The van der Waals surface area contributed by atoms with Crippen LogP contribution in [-0.4, -0.2) is 35.6 Å². The standard InChI is InChI=1S/C24H30N6O4.2BrH/c1-28-22-19(23(33)29(24(28)34)14-6-5-9-18(31)32)27-21(30(22)17-7-3-2-4-8-17)16-12-10-15(11-13-16)20(25)26;;/h10-13,17H,2-9,14H2,1H3,(H3,25,26)(H,31,32);2*1H. The molecule has 3 aromatic rings. The van der Waals surface area contributed by atoms with Crippen LogP contribution in [0.4, 0.5) is 0 Å². The second kappa shape index (κ2) is 12.5. The van der Waals surface area contributed by atoms with E-state index in [9.17, 15) is 14.4 Å². The molecule has 0 spiro atoms. The van der Waals surface area contributed by atoms with Gasteiger partial charge in [-0.3, -0.25) is 24.1 Å². The third-order valence-corrected chi connectivity index (χ3v) is 6.59. The molecule has 4 rings (SSSR count). The summed E-state index contributed by atoms with van der Waals surface area (Å²) in [4.78, 5) is 42.1. The minimum atomic E-state index is -0.901. The molecule has 12 heteroatoms. The zero-order valence-corrected chi connectivity index (χ0v) is 23.5. The Morgan fingerprint density at radius 3 is 2.33 bits per heavy atom. The van der Waals surface area contributed by atoms with Gasteiger partial charge in [0.05, 0.1) is 0 Å². The van der Waals surface area contributed by atoms with Crippen molar-refractivity contribution in [3.05, 3.63) is 50.7 Å². The van der Waals surface area contributed by atoms with E-state index in [0.29, 0.717) is 29.9 Å². The average molecular weight is 628 g/mol. The van der Waals surface area contributed by atoms with E-state index in [2.05, 4.69) is 0 Å². The highest BCUT2D eigenvalue weighted by Gasteiger charge is 2.26. The largest absolute Gasteiger partial charge is 0.481 e. The predicted octanol–water partition coefficient (Wildman–Crippen LogP) is 3.76. The minimum absolute atomic E-state index is 0. The molecule has 0 unspecified atom stereocenters. The van der Waals surface area contributed by atoms with Gasteiger partial charge in [-0.15, -0.1) is 34.0 Å². The number of nitrogens with zero attached hydrogens (tertiary/aromatic N) is 4. The predicted molar refractivity (Wildman–Crippen MR) is 150 cm³/mol. The van der Waals surface area contributed by atoms with Gasteiger partial charge in [-0.2, -0.15) is 0 Å². The maximum Gasteiger partial charge on any atom is 0.332 e. The molecule has 1 fully saturated rings. The molecule has 0 amide bonds. The molecule has 1 aromatic carbocycles. The van der Waals surface area contributed by atoms with Crippen LogP contribution in [0.1, 0.15) is 63.0 Å². The Labute approximate surface area is 229 Å². The number of halogens is 2. The van der Waals surface area contributed by atoms with E-state index in [-0.39, 0.29) is 64.3 Å². The number of imidazole rings is 1.